The highest BCUT2D eigenvalue weighted by Gasteiger charge is 2.25. The van der Waals surface area contributed by atoms with Gasteiger partial charge in [-0.1, -0.05) is 19.3 Å². The van der Waals surface area contributed by atoms with Crippen molar-refractivity contribution in [3.8, 4) is 0 Å². The highest BCUT2D eigenvalue weighted by Crippen LogP contribution is 2.28. The van der Waals surface area contributed by atoms with Crippen molar-refractivity contribution in [2.45, 2.75) is 51.0 Å². The summed E-state index contributed by atoms with van der Waals surface area (Å²) < 4.78 is 0. The third kappa shape index (κ3) is 2.64. The van der Waals surface area contributed by atoms with E-state index in [9.17, 15) is 0 Å². The van der Waals surface area contributed by atoms with Crippen LogP contribution in [0.4, 0.5) is 0 Å². The molecule has 0 bridgehead atoms. The summed E-state index contributed by atoms with van der Waals surface area (Å²) in [6.07, 6.45) is 9.83. The molecule has 0 spiro atoms. The van der Waals surface area contributed by atoms with Crippen LogP contribution in [0.25, 0.3) is 0 Å². The molecular weight excluding hydrogens is 194 g/mol. The molecule has 2 heteroatoms. The molecule has 2 unspecified atom stereocenters. The molecule has 2 fully saturated rings. The summed E-state index contributed by atoms with van der Waals surface area (Å²) in [6.45, 7) is 1.25. The van der Waals surface area contributed by atoms with Crippen LogP contribution in [0.3, 0.4) is 0 Å². The molecule has 2 saturated carbocycles. The molecule has 0 radical (unpaired) electrons. The van der Waals surface area contributed by atoms with Crippen molar-refractivity contribution in [3.63, 3.8) is 0 Å². The Labute approximate surface area is 92.6 Å². The van der Waals surface area contributed by atoms with Gasteiger partial charge in [-0.3, -0.25) is 0 Å². The molecule has 0 aromatic carbocycles. The fourth-order valence-electron chi connectivity index (χ4n) is 2.68. The van der Waals surface area contributed by atoms with Gasteiger partial charge in [0.05, 0.1) is 0 Å². The normalized spacial score (nSPS) is 34.1. The summed E-state index contributed by atoms with van der Waals surface area (Å²) >= 11 is 6.00. The zero-order valence-corrected chi connectivity index (χ0v) is 9.73. The van der Waals surface area contributed by atoms with E-state index in [0.29, 0.717) is 0 Å². The average Bonchev–Trinajstić information content (AvgIpc) is 2.16. The first kappa shape index (κ1) is 10.8. The monoisotopic (exact) mass is 215 g/mol. The molecule has 2 atom stereocenters. The molecular formula is C12H22ClN. The molecule has 1 N–H and O–H groups in total. The fourth-order valence-corrected chi connectivity index (χ4v) is 3.05. The maximum Gasteiger partial charge on any atom is 0.0266 e. The Morgan fingerprint density at radius 1 is 1.00 bits per heavy atom. The first-order valence-electron chi connectivity index (χ1n) is 6.19. The number of hydrogen-bond acceptors (Lipinski definition) is 1. The summed E-state index contributed by atoms with van der Waals surface area (Å²) in [4.78, 5) is 0. The third-order valence-electron chi connectivity index (χ3n) is 4.00. The van der Waals surface area contributed by atoms with Gasteiger partial charge in [-0.2, -0.15) is 0 Å². The van der Waals surface area contributed by atoms with Crippen molar-refractivity contribution in [2.24, 2.45) is 11.8 Å². The molecule has 0 saturated heterocycles. The van der Waals surface area contributed by atoms with Gasteiger partial charge < -0.3 is 5.32 Å². The van der Waals surface area contributed by atoms with Gasteiger partial charge in [0.15, 0.2) is 0 Å². The Morgan fingerprint density at radius 3 is 2.43 bits per heavy atom. The van der Waals surface area contributed by atoms with Crippen LogP contribution in [-0.2, 0) is 0 Å². The van der Waals surface area contributed by atoms with Crippen LogP contribution < -0.4 is 5.32 Å². The Kier molecular flexibility index (Phi) is 4.12. The first-order valence-corrected chi connectivity index (χ1v) is 6.73. The SMILES string of the molecule is ClCC1CCCCC1NCC1CCC1. The number of hydrogen-bond donors (Lipinski definition) is 1. The van der Waals surface area contributed by atoms with Crippen LogP contribution >= 0.6 is 11.6 Å². The van der Waals surface area contributed by atoms with Crippen LogP contribution in [0.2, 0.25) is 0 Å². The lowest BCUT2D eigenvalue weighted by molar-refractivity contribution is 0.236. The zero-order valence-electron chi connectivity index (χ0n) is 8.97. The summed E-state index contributed by atoms with van der Waals surface area (Å²) in [5.74, 6) is 2.57. The van der Waals surface area contributed by atoms with Gasteiger partial charge in [0.2, 0.25) is 0 Å². The van der Waals surface area contributed by atoms with E-state index in [4.69, 9.17) is 11.6 Å². The zero-order chi connectivity index (χ0) is 9.80. The largest absolute Gasteiger partial charge is 0.313 e. The van der Waals surface area contributed by atoms with Crippen molar-refractivity contribution < 1.29 is 0 Å². The number of alkyl halides is 1. The predicted molar refractivity (Wildman–Crippen MR) is 61.8 cm³/mol. The minimum atomic E-state index is 0.724. The van der Waals surface area contributed by atoms with E-state index < -0.39 is 0 Å². The lowest BCUT2D eigenvalue weighted by Crippen LogP contribution is -2.42. The van der Waals surface area contributed by atoms with Crippen LogP contribution in [0, 0.1) is 11.8 Å². The molecule has 0 aliphatic heterocycles. The molecule has 2 aliphatic rings. The lowest BCUT2D eigenvalue weighted by atomic mass is 9.83. The minimum Gasteiger partial charge on any atom is -0.313 e. The van der Waals surface area contributed by atoms with Crippen LogP contribution in [0.1, 0.15) is 44.9 Å². The van der Waals surface area contributed by atoms with Gasteiger partial charge in [0.25, 0.3) is 0 Å². The molecule has 0 aromatic rings. The van der Waals surface area contributed by atoms with Gasteiger partial charge in [0.1, 0.15) is 0 Å². The van der Waals surface area contributed by atoms with E-state index in [1.165, 1.54) is 51.5 Å². The van der Waals surface area contributed by atoms with E-state index in [-0.39, 0.29) is 0 Å². The molecule has 2 aliphatic carbocycles. The van der Waals surface area contributed by atoms with Gasteiger partial charge in [-0.15, -0.1) is 11.6 Å². The second kappa shape index (κ2) is 5.37. The maximum atomic E-state index is 6.00. The fraction of sp³-hybridized carbons (Fsp3) is 1.00. The second-order valence-electron chi connectivity index (χ2n) is 5.01. The number of halogens is 1. The molecule has 0 amide bonds. The maximum absolute atomic E-state index is 6.00. The molecule has 14 heavy (non-hydrogen) atoms. The van der Waals surface area contributed by atoms with E-state index in [2.05, 4.69) is 5.32 Å². The summed E-state index contributed by atoms with van der Waals surface area (Å²) in [7, 11) is 0. The van der Waals surface area contributed by atoms with Crippen molar-refractivity contribution in [3.05, 3.63) is 0 Å². The van der Waals surface area contributed by atoms with Gasteiger partial charge in [0, 0.05) is 11.9 Å². The standard InChI is InChI=1S/C12H22ClN/c13-8-11-6-1-2-7-12(11)14-9-10-4-3-5-10/h10-12,14H,1-9H2. The van der Waals surface area contributed by atoms with Crippen LogP contribution in [0.15, 0.2) is 0 Å². The van der Waals surface area contributed by atoms with Crippen molar-refractivity contribution in [2.75, 3.05) is 12.4 Å². The van der Waals surface area contributed by atoms with Crippen molar-refractivity contribution >= 4 is 11.6 Å². The minimum absolute atomic E-state index is 0.724. The highest BCUT2D eigenvalue weighted by molar-refractivity contribution is 6.18. The molecule has 0 aromatic heterocycles. The molecule has 82 valence electrons. The summed E-state index contributed by atoms with van der Waals surface area (Å²) in [5.41, 5.74) is 0. The Balaban J connectivity index is 1.70. The second-order valence-corrected chi connectivity index (χ2v) is 5.32. The first-order chi connectivity index (χ1) is 6.90. The Morgan fingerprint density at radius 2 is 1.79 bits per heavy atom. The summed E-state index contributed by atoms with van der Waals surface area (Å²) in [5, 5.41) is 3.74. The predicted octanol–water partition coefficient (Wildman–Crippen LogP) is 3.17. The van der Waals surface area contributed by atoms with Crippen molar-refractivity contribution in [1.29, 1.82) is 0 Å². The van der Waals surface area contributed by atoms with Gasteiger partial charge in [-0.05, 0) is 44.1 Å². The number of rotatable bonds is 4. The smallest absolute Gasteiger partial charge is 0.0266 e. The Bertz CT molecular complexity index is 168. The highest BCUT2D eigenvalue weighted by atomic mass is 35.5. The summed E-state index contributed by atoms with van der Waals surface area (Å²) in [6, 6.07) is 0.724. The molecule has 2 rings (SSSR count). The van der Waals surface area contributed by atoms with E-state index >= 15 is 0 Å². The quantitative estimate of drug-likeness (QED) is 0.711. The van der Waals surface area contributed by atoms with Gasteiger partial charge >= 0.3 is 0 Å². The van der Waals surface area contributed by atoms with Gasteiger partial charge in [-0.25, -0.2) is 0 Å². The molecule has 0 heterocycles. The topological polar surface area (TPSA) is 12.0 Å². The van der Waals surface area contributed by atoms with Crippen LogP contribution in [0.5, 0.6) is 0 Å². The van der Waals surface area contributed by atoms with E-state index in [1.807, 2.05) is 0 Å². The third-order valence-corrected chi connectivity index (χ3v) is 4.40. The van der Waals surface area contributed by atoms with E-state index in [0.717, 1.165) is 23.8 Å². The number of nitrogens with one attached hydrogen (secondary N) is 1. The van der Waals surface area contributed by atoms with Crippen LogP contribution in [-0.4, -0.2) is 18.5 Å². The molecule has 1 nitrogen and oxygen atoms in total. The van der Waals surface area contributed by atoms with Crippen molar-refractivity contribution in [1.82, 2.24) is 5.32 Å². The lowest BCUT2D eigenvalue weighted by Gasteiger charge is -2.34. The average molecular weight is 216 g/mol. The van der Waals surface area contributed by atoms with E-state index in [1.54, 1.807) is 0 Å². The Hall–Kier alpha value is 0.250.